The third-order valence-electron chi connectivity index (χ3n) is 8.23. The molecule has 13 heteroatoms. The number of nitrogens with two attached hydrogens (primary N) is 1. The molecule has 0 saturated heterocycles. The Morgan fingerprint density at radius 1 is 1.06 bits per heavy atom. The number of aliphatic hydroxyl groups excluding tert-OH is 1. The van der Waals surface area contributed by atoms with Crippen LogP contribution in [0.5, 0.6) is 0 Å². The van der Waals surface area contributed by atoms with E-state index in [2.05, 4.69) is 10.6 Å². The molecule has 3 amide bonds. The number of nitrogens with one attached hydrogen (secondary N) is 2. The minimum absolute atomic E-state index is 0.0104. The highest BCUT2D eigenvalue weighted by atomic mass is 16.6. The molecule has 6 atom stereocenters. The molecule has 13 nitrogen and oxygen atoms in total. The van der Waals surface area contributed by atoms with Crippen molar-refractivity contribution < 1.29 is 48.0 Å². The van der Waals surface area contributed by atoms with Crippen molar-refractivity contribution in [1.82, 2.24) is 10.6 Å². The summed E-state index contributed by atoms with van der Waals surface area (Å²) in [6, 6.07) is 8.94. The number of ketones is 2. The van der Waals surface area contributed by atoms with Gasteiger partial charge in [-0.05, 0) is 43.7 Å². The molecule has 0 radical (unpaired) electrons. The highest BCUT2D eigenvalue weighted by molar-refractivity contribution is 6.24. The molecular weight excluding hydrogens is 634 g/mol. The Bertz CT molecular complexity index is 1560. The van der Waals surface area contributed by atoms with Crippen LogP contribution in [0.1, 0.15) is 46.1 Å². The zero-order chi connectivity index (χ0) is 36.2. The predicted molar refractivity (Wildman–Crippen MR) is 179 cm³/mol. The van der Waals surface area contributed by atoms with Crippen molar-refractivity contribution in [2.24, 2.45) is 17.6 Å². The summed E-state index contributed by atoms with van der Waals surface area (Å²) in [7, 11) is 2.86. The van der Waals surface area contributed by atoms with E-state index in [-0.39, 0.29) is 47.9 Å². The number of methoxy groups -OCH3 is 2. The van der Waals surface area contributed by atoms with Crippen LogP contribution in [0.25, 0.3) is 0 Å². The Labute approximate surface area is 285 Å². The molecule has 3 rings (SSSR count). The number of carbonyl (C=O) groups is 5. The summed E-state index contributed by atoms with van der Waals surface area (Å²) >= 11 is 0. The lowest BCUT2D eigenvalue weighted by atomic mass is 9.85. The van der Waals surface area contributed by atoms with Crippen LogP contribution in [0.4, 0.5) is 9.59 Å². The number of Topliss-reactive ketones (excluding diaryl/α,β-unsaturated/α-hetero) is 1. The molecule has 0 unspecified atom stereocenters. The van der Waals surface area contributed by atoms with Crippen LogP contribution in [0.3, 0.4) is 0 Å². The lowest BCUT2D eigenvalue weighted by molar-refractivity contribution is -0.120. The normalized spacial score (nSPS) is 28.6. The number of rotatable bonds is 6. The number of fused-ring (bicyclic) bond motifs is 2. The van der Waals surface area contributed by atoms with Gasteiger partial charge in [-0.2, -0.15) is 0 Å². The van der Waals surface area contributed by atoms with E-state index in [0.717, 1.165) is 11.6 Å². The number of ether oxygens (including phenoxy) is 4. The van der Waals surface area contributed by atoms with Gasteiger partial charge < -0.3 is 35.1 Å². The summed E-state index contributed by atoms with van der Waals surface area (Å²) in [5.74, 6) is -2.90. The number of primary amides is 1. The third kappa shape index (κ3) is 10.8. The number of hydrogen-bond acceptors (Lipinski definition) is 10. The monoisotopic (exact) mass is 679 g/mol. The maximum Gasteiger partial charge on any atom is 0.412 e. The van der Waals surface area contributed by atoms with Crippen LogP contribution < -0.4 is 16.4 Å². The minimum atomic E-state index is -1.04. The zero-order valence-electron chi connectivity index (χ0n) is 28.6. The van der Waals surface area contributed by atoms with Crippen LogP contribution in [-0.2, 0) is 39.9 Å². The molecular formula is C36H45N3O10. The molecule has 2 aliphatic rings. The van der Waals surface area contributed by atoms with E-state index in [9.17, 15) is 29.1 Å². The van der Waals surface area contributed by atoms with Crippen LogP contribution in [-0.4, -0.2) is 73.4 Å². The van der Waals surface area contributed by atoms with Crippen molar-refractivity contribution in [1.29, 1.82) is 0 Å². The van der Waals surface area contributed by atoms with E-state index >= 15 is 0 Å². The largest absolute Gasteiger partial charge is 0.444 e. The summed E-state index contributed by atoms with van der Waals surface area (Å²) in [5.41, 5.74) is 6.24. The Kier molecular flexibility index (Phi) is 14.2. The van der Waals surface area contributed by atoms with E-state index < -0.39 is 60.0 Å². The van der Waals surface area contributed by atoms with Crippen molar-refractivity contribution in [3.8, 4) is 0 Å². The van der Waals surface area contributed by atoms with E-state index in [4.69, 9.17) is 24.7 Å². The van der Waals surface area contributed by atoms with Crippen LogP contribution in [0, 0.1) is 11.8 Å². The number of carbonyl (C=O) groups excluding carboxylic acids is 5. The van der Waals surface area contributed by atoms with E-state index in [1.54, 1.807) is 57.2 Å². The first-order valence-corrected chi connectivity index (χ1v) is 15.8. The van der Waals surface area contributed by atoms with Gasteiger partial charge in [0.05, 0.1) is 23.6 Å². The molecule has 1 aromatic carbocycles. The average Bonchev–Trinajstić information content (AvgIpc) is 3.06. The highest BCUT2D eigenvalue weighted by Gasteiger charge is 2.34. The van der Waals surface area contributed by atoms with Gasteiger partial charge in [-0.25, -0.2) is 9.59 Å². The molecule has 0 aromatic heterocycles. The van der Waals surface area contributed by atoms with Gasteiger partial charge in [0.25, 0.3) is 5.91 Å². The summed E-state index contributed by atoms with van der Waals surface area (Å²) in [6.07, 6.45) is 1.93. The molecule has 1 heterocycles. The fourth-order valence-electron chi connectivity index (χ4n) is 5.58. The quantitative estimate of drug-likeness (QED) is 0.255. The Hall–Kier alpha value is -4.85. The number of aliphatic hydroxyl groups is 1. The predicted octanol–water partition coefficient (Wildman–Crippen LogP) is 3.69. The Balaban J connectivity index is 2.02. The van der Waals surface area contributed by atoms with Gasteiger partial charge in [0.15, 0.2) is 6.10 Å². The average molecular weight is 680 g/mol. The third-order valence-corrected chi connectivity index (χ3v) is 8.23. The van der Waals surface area contributed by atoms with E-state index in [1.165, 1.54) is 33.3 Å². The van der Waals surface area contributed by atoms with Gasteiger partial charge in [-0.15, -0.1) is 0 Å². The second-order valence-electron chi connectivity index (χ2n) is 12.1. The molecule has 1 aliphatic carbocycles. The van der Waals surface area contributed by atoms with Gasteiger partial charge in [-0.3, -0.25) is 19.7 Å². The lowest BCUT2D eigenvalue weighted by Crippen LogP contribution is -2.38. The first-order valence-electron chi connectivity index (χ1n) is 15.8. The van der Waals surface area contributed by atoms with Crippen LogP contribution in [0.2, 0.25) is 0 Å². The molecule has 2 bridgehead atoms. The van der Waals surface area contributed by atoms with Gasteiger partial charge in [0.2, 0.25) is 11.6 Å². The highest BCUT2D eigenvalue weighted by Crippen LogP contribution is 2.29. The van der Waals surface area contributed by atoms with Crippen molar-refractivity contribution in [3.63, 3.8) is 0 Å². The molecule has 5 N–H and O–H groups in total. The second-order valence-corrected chi connectivity index (χ2v) is 12.1. The summed E-state index contributed by atoms with van der Waals surface area (Å²) < 4.78 is 21.9. The van der Waals surface area contributed by atoms with Gasteiger partial charge in [0.1, 0.15) is 12.7 Å². The van der Waals surface area contributed by atoms with Crippen molar-refractivity contribution in [3.05, 3.63) is 94.4 Å². The first kappa shape index (κ1) is 38.6. The molecule has 0 saturated carbocycles. The number of hydrogen-bond donors (Lipinski definition) is 4. The summed E-state index contributed by atoms with van der Waals surface area (Å²) in [5, 5.41) is 16.3. The van der Waals surface area contributed by atoms with Gasteiger partial charge in [-0.1, -0.05) is 68.5 Å². The maximum absolute atomic E-state index is 13.8. The second kappa shape index (κ2) is 18.1. The van der Waals surface area contributed by atoms with Crippen molar-refractivity contribution >= 4 is 29.7 Å². The number of benzene rings is 1. The number of allylic oxidation sites excluding steroid dienone is 4. The minimum Gasteiger partial charge on any atom is -0.444 e. The topological polar surface area (TPSA) is 193 Å². The first-order chi connectivity index (χ1) is 23.2. The molecule has 0 fully saturated rings. The molecule has 49 heavy (non-hydrogen) atoms. The maximum atomic E-state index is 13.8. The molecule has 1 aliphatic heterocycles. The Morgan fingerprint density at radius 3 is 2.39 bits per heavy atom. The van der Waals surface area contributed by atoms with Gasteiger partial charge >= 0.3 is 12.2 Å². The SMILES string of the molecule is CO[C@@H]1/C=C\C=C(\C)C(=O)NC2=CC(=O)C(NC(=O)OCc3ccccc3)=C(C[C@@H](C)C[C@@H](OC)[C@@H](O)[C@@H](C)/C=C(/C)[C@H]1OC(N)=O)C2=O. The number of alkyl carbamates (subject to hydrolysis) is 1. The number of amides is 3. The summed E-state index contributed by atoms with van der Waals surface area (Å²) in [6.45, 7) is 6.72. The van der Waals surface area contributed by atoms with Crippen molar-refractivity contribution in [2.75, 3.05) is 14.2 Å². The molecule has 0 spiro atoms. The molecule has 1 aromatic rings. The van der Waals surface area contributed by atoms with E-state index in [1.807, 2.05) is 6.07 Å². The summed E-state index contributed by atoms with van der Waals surface area (Å²) in [4.78, 5) is 64.9. The fraction of sp³-hybridized carbons (Fsp3) is 0.417. The van der Waals surface area contributed by atoms with Crippen LogP contribution >= 0.6 is 0 Å². The standard InChI is InChI=1S/C36H45N3O10/c1-20-15-25-30(39-36(45)48-19-24-12-8-7-9-13-24)27(40)18-26(32(25)42)38-34(43)21(2)11-10-14-28(46-5)33(49-35(37)44)23(4)17-22(3)31(41)29(16-20)47-6/h7-14,17-18,20,22,28-29,31,33,41H,15-16,19H2,1-6H3,(H2,37,44)(H,38,43)(H,39,45)/b14-10-,21-11-,23-17-/t20-,22+,28-,29-,31+,33-/m1/s1. The fourth-order valence-corrected chi connectivity index (χ4v) is 5.58. The van der Waals surface area contributed by atoms with Gasteiger partial charge in [0, 0.05) is 37.4 Å². The van der Waals surface area contributed by atoms with E-state index in [0.29, 0.717) is 5.57 Å². The van der Waals surface area contributed by atoms with Crippen molar-refractivity contribution in [2.45, 2.75) is 71.6 Å². The zero-order valence-corrected chi connectivity index (χ0v) is 28.6. The van der Waals surface area contributed by atoms with Crippen LogP contribution in [0.15, 0.2) is 88.8 Å². The molecule has 264 valence electrons. The smallest absolute Gasteiger partial charge is 0.412 e. The Morgan fingerprint density at radius 2 is 1.76 bits per heavy atom. The lowest BCUT2D eigenvalue weighted by Gasteiger charge is -2.30.